The average Bonchev–Trinajstić information content (AvgIpc) is 2.59. The second-order valence-electron chi connectivity index (χ2n) is 3.29. The monoisotopic (exact) mass is 364 g/mol. The fourth-order valence-electron chi connectivity index (χ4n) is 1.68. The standard InChI is InChI=1S/C12H8N2.H2O2.3O.2V/c1-3-9-5-6-10-4-2-8-14-12(10)11(9)13-7-1;1-2;;;;;/h1-8H;1-2H;;;;;. The van der Waals surface area contributed by atoms with Crippen LogP contribution in [0.15, 0.2) is 48.8 Å². The molecule has 0 amide bonds. The van der Waals surface area contributed by atoms with Crippen LogP contribution in [0, 0.1) is 0 Å². The zero-order valence-electron chi connectivity index (χ0n) is 10.5. The molecule has 0 bridgehead atoms. The number of hydrogen-bond acceptors (Lipinski definition) is 7. The molecule has 21 heavy (non-hydrogen) atoms. The van der Waals surface area contributed by atoms with E-state index in [-0.39, 0.29) is 0 Å². The van der Waals surface area contributed by atoms with Crippen molar-refractivity contribution < 1.29 is 55.1 Å². The summed E-state index contributed by atoms with van der Waals surface area (Å²) in [7, 11) is 0. The van der Waals surface area contributed by atoms with Gasteiger partial charge in [0.05, 0.1) is 11.0 Å². The van der Waals surface area contributed by atoms with Crippen molar-refractivity contribution in [2.45, 2.75) is 0 Å². The van der Waals surface area contributed by atoms with E-state index in [4.69, 9.17) is 21.5 Å². The second-order valence-corrected chi connectivity index (χ2v) is 3.52. The first-order valence-electron chi connectivity index (χ1n) is 5.28. The molecule has 3 rings (SSSR count). The van der Waals surface area contributed by atoms with Gasteiger partial charge in [0, 0.05) is 23.2 Å². The molecule has 0 aliphatic rings. The summed E-state index contributed by atoms with van der Waals surface area (Å²) in [4.78, 5) is 8.69. The fraction of sp³-hybridized carbons (Fsp3) is 0. The van der Waals surface area contributed by atoms with Crippen molar-refractivity contribution in [1.82, 2.24) is 9.97 Å². The van der Waals surface area contributed by atoms with Crippen molar-refractivity contribution in [1.29, 1.82) is 0 Å². The Kier molecular flexibility index (Phi) is 11.4. The van der Waals surface area contributed by atoms with Crippen LogP contribution >= 0.6 is 0 Å². The Labute approximate surface area is 135 Å². The van der Waals surface area contributed by atoms with E-state index in [0.717, 1.165) is 39.2 Å². The van der Waals surface area contributed by atoms with E-state index >= 15 is 0 Å². The molecule has 1 aromatic carbocycles. The third-order valence-electron chi connectivity index (χ3n) is 2.34. The second kappa shape index (κ2) is 12.3. The Morgan fingerprint density at radius 2 is 1.14 bits per heavy atom. The number of rotatable bonds is 0. The molecule has 0 aliphatic carbocycles. The molecule has 0 atom stereocenters. The van der Waals surface area contributed by atoms with Crippen LogP contribution in [0.1, 0.15) is 0 Å². The maximum atomic E-state index is 8.47. The Hall–Kier alpha value is -1.47. The van der Waals surface area contributed by atoms with Crippen LogP contribution in [0.3, 0.4) is 0 Å². The summed E-state index contributed by atoms with van der Waals surface area (Å²) in [6, 6.07) is 12.1. The molecular weight excluding hydrogens is 354 g/mol. The molecule has 0 unspecified atom stereocenters. The van der Waals surface area contributed by atoms with E-state index < -0.39 is 16.2 Å². The third kappa shape index (κ3) is 5.81. The molecule has 2 N–H and O–H groups in total. The summed E-state index contributed by atoms with van der Waals surface area (Å²) in [5, 5.41) is 14.3. The molecule has 108 valence electrons. The molecular formula is C12H10N2O5V2. The molecule has 2 heterocycles. The van der Waals surface area contributed by atoms with Gasteiger partial charge in [-0.15, -0.1) is 0 Å². The van der Waals surface area contributed by atoms with Gasteiger partial charge in [0.2, 0.25) is 0 Å². The van der Waals surface area contributed by atoms with Gasteiger partial charge in [-0.05, 0) is 12.1 Å². The SMILES string of the molecule is OO.[O]=[V].[O]=[V]=[O].c1cnc2c(c1)ccc1cccnc12. The molecule has 0 saturated carbocycles. The Morgan fingerprint density at radius 1 is 0.810 bits per heavy atom. The summed E-state index contributed by atoms with van der Waals surface area (Å²) in [5.74, 6) is 0. The van der Waals surface area contributed by atoms with Crippen molar-refractivity contribution >= 4 is 21.8 Å². The molecule has 0 fully saturated rings. The zero-order chi connectivity index (χ0) is 16.1. The van der Waals surface area contributed by atoms with Crippen molar-refractivity contribution in [3.63, 3.8) is 0 Å². The van der Waals surface area contributed by atoms with Gasteiger partial charge in [-0.2, -0.15) is 0 Å². The molecule has 0 aliphatic heterocycles. The largest absolute Gasteiger partial charge is 0.254 e. The molecule has 3 aromatic rings. The Balaban J connectivity index is 0.000000500. The molecule has 0 radical (unpaired) electrons. The minimum Gasteiger partial charge on any atom is -0.254 e. The van der Waals surface area contributed by atoms with Crippen LogP contribution in [0.25, 0.3) is 21.8 Å². The van der Waals surface area contributed by atoms with Gasteiger partial charge in [0.15, 0.2) is 0 Å². The number of hydrogen-bond donors (Lipinski definition) is 2. The van der Waals surface area contributed by atoms with E-state index in [0.29, 0.717) is 0 Å². The van der Waals surface area contributed by atoms with Crippen LogP contribution in [-0.2, 0) is 44.6 Å². The zero-order valence-corrected chi connectivity index (χ0v) is 13.3. The molecule has 0 saturated heterocycles. The maximum absolute atomic E-state index is 8.47. The van der Waals surface area contributed by atoms with Crippen molar-refractivity contribution in [3.8, 4) is 0 Å². The van der Waals surface area contributed by atoms with E-state index in [9.17, 15) is 0 Å². The van der Waals surface area contributed by atoms with Crippen LogP contribution < -0.4 is 0 Å². The van der Waals surface area contributed by atoms with Gasteiger partial charge in [-0.3, -0.25) is 20.5 Å². The normalized spacial score (nSPS) is 8.05. The summed E-state index contributed by atoms with van der Waals surface area (Å²) in [6.07, 6.45) is 3.60. The fourth-order valence-corrected chi connectivity index (χ4v) is 1.68. The van der Waals surface area contributed by atoms with Crippen LogP contribution in [0.2, 0.25) is 0 Å². The van der Waals surface area contributed by atoms with E-state index in [1.807, 2.05) is 12.1 Å². The maximum Gasteiger partial charge on any atom is 0.0964 e. The first-order valence-corrected chi connectivity index (χ1v) is 6.99. The van der Waals surface area contributed by atoms with Crippen LogP contribution in [0.4, 0.5) is 0 Å². The number of aromatic nitrogens is 2. The summed E-state index contributed by atoms with van der Waals surface area (Å²) in [5.41, 5.74) is 1.95. The van der Waals surface area contributed by atoms with Crippen LogP contribution in [0.5, 0.6) is 0 Å². The van der Waals surface area contributed by atoms with Crippen LogP contribution in [-0.4, -0.2) is 20.5 Å². The van der Waals surface area contributed by atoms with Gasteiger partial charge < -0.3 is 0 Å². The van der Waals surface area contributed by atoms with Crippen molar-refractivity contribution in [3.05, 3.63) is 48.8 Å². The average molecular weight is 364 g/mol. The first kappa shape index (κ1) is 19.5. The quantitative estimate of drug-likeness (QED) is 0.357. The third-order valence-corrected chi connectivity index (χ3v) is 2.34. The first-order chi connectivity index (χ1) is 10.4. The molecule has 7 nitrogen and oxygen atoms in total. The van der Waals surface area contributed by atoms with Gasteiger partial charge >= 0.3 is 44.6 Å². The smallest absolute Gasteiger partial charge is 0.0964 e. The minimum absolute atomic E-state index is 0.977. The van der Waals surface area contributed by atoms with Crippen molar-refractivity contribution in [2.75, 3.05) is 0 Å². The minimum atomic E-state index is -1.81. The topological polar surface area (TPSA) is 117 Å². The summed E-state index contributed by atoms with van der Waals surface area (Å²) >= 11 is -0.750. The van der Waals surface area contributed by atoms with E-state index in [1.165, 1.54) is 0 Å². The number of nitrogens with zero attached hydrogens (tertiary/aromatic N) is 2. The molecule has 9 heteroatoms. The number of benzene rings is 1. The van der Waals surface area contributed by atoms with Gasteiger partial charge in [-0.25, -0.2) is 0 Å². The number of pyridine rings is 2. The molecule has 0 spiro atoms. The Bertz CT molecular complexity index is 665. The van der Waals surface area contributed by atoms with Crippen molar-refractivity contribution in [2.24, 2.45) is 0 Å². The summed E-state index contributed by atoms with van der Waals surface area (Å²) in [6.45, 7) is 0. The number of fused-ring (bicyclic) bond motifs is 3. The van der Waals surface area contributed by atoms with E-state index in [1.54, 1.807) is 12.4 Å². The molecule has 2 aromatic heterocycles. The predicted molar refractivity (Wildman–Crippen MR) is 64.4 cm³/mol. The van der Waals surface area contributed by atoms with Gasteiger partial charge in [-0.1, -0.05) is 24.3 Å². The predicted octanol–water partition coefficient (Wildman–Crippen LogP) is 2.44. The Morgan fingerprint density at radius 3 is 1.48 bits per heavy atom. The van der Waals surface area contributed by atoms with Gasteiger partial charge in [0.1, 0.15) is 0 Å². The van der Waals surface area contributed by atoms with E-state index in [2.05, 4.69) is 34.2 Å². The summed E-state index contributed by atoms with van der Waals surface area (Å²) < 4.78 is 25.1. The van der Waals surface area contributed by atoms with Gasteiger partial charge in [0.25, 0.3) is 0 Å².